The Morgan fingerprint density at radius 2 is 1.59 bits per heavy atom. The van der Waals surface area contributed by atoms with E-state index < -0.39 is 21.5 Å². The Balaban J connectivity index is 1.70. The van der Waals surface area contributed by atoms with Gasteiger partial charge in [-0.05, 0) is 51.0 Å². The minimum absolute atomic E-state index is 0.0305. The van der Waals surface area contributed by atoms with Crippen molar-refractivity contribution in [2.45, 2.75) is 68.8 Å². The SMILES string of the molecule is Cc1ccc(N2C(=O)CN(S(=O)(=O)c3ccccc3)C[C@]2(C)C(=O)NC2CCCCCC2)cc1. The fraction of sp³-hybridized carbons (Fsp3) is 0.462. The number of rotatable bonds is 5. The smallest absolute Gasteiger partial charge is 0.247 e. The first-order chi connectivity index (χ1) is 16.2. The van der Waals surface area contributed by atoms with E-state index in [1.807, 2.05) is 31.2 Å². The lowest BCUT2D eigenvalue weighted by Gasteiger charge is -2.47. The van der Waals surface area contributed by atoms with Crippen LogP contribution in [0.25, 0.3) is 0 Å². The van der Waals surface area contributed by atoms with Gasteiger partial charge in [0.15, 0.2) is 0 Å². The average molecular weight is 484 g/mol. The Labute approximate surface area is 202 Å². The number of hydrogen-bond donors (Lipinski definition) is 1. The molecule has 2 aliphatic rings. The highest BCUT2D eigenvalue weighted by Crippen LogP contribution is 2.33. The number of carbonyl (C=O) groups excluding carboxylic acids is 2. The van der Waals surface area contributed by atoms with Gasteiger partial charge in [0.05, 0.1) is 11.4 Å². The van der Waals surface area contributed by atoms with Crippen molar-refractivity contribution in [1.82, 2.24) is 9.62 Å². The molecule has 0 spiro atoms. The summed E-state index contributed by atoms with van der Waals surface area (Å²) in [5.41, 5.74) is 0.232. The topological polar surface area (TPSA) is 86.8 Å². The van der Waals surface area contributed by atoms with Gasteiger partial charge in [-0.15, -0.1) is 0 Å². The summed E-state index contributed by atoms with van der Waals surface area (Å²) in [4.78, 5) is 28.8. The van der Waals surface area contributed by atoms with Gasteiger partial charge in [-0.25, -0.2) is 8.42 Å². The molecule has 7 nitrogen and oxygen atoms in total. The zero-order valence-corrected chi connectivity index (χ0v) is 20.7. The number of amides is 2. The first-order valence-corrected chi connectivity index (χ1v) is 13.4. The maximum atomic E-state index is 13.8. The summed E-state index contributed by atoms with van der Waals surface area (Å²) in [6.45, 7) is 3.18. The average Bonchev–Trinajstić information content (AvgIpc) is 3.09. The predicted molar refractivity (Wildman–Crippen MR) is 132 cm³/mol. The molecule has 1 saturated heterocycles. The molecule has 1 atom stereocenters. The molecule has 1 saturated carbocycles. The van der Waals surface area contributed by atoms with Crippen molar-refractivity contribution in [2.75, 3.05) is 18.0 Å². The van der Waals surface area contributed by atoms with Crippen molar-refractivity contribution in [3.05, 3.63) is 60.2 Å². The molecule has 34 heavy (non-hydrogen) atoms. The summed E-state index contributed by atoms with van der Waals surface area (Å²) in [5.74, 6) is -0.741. The molecule has 182 valence electrons. The summed E-state index contributed by atoms with van der Waals surface area (Å²) in [6, 6.07) is 15.5. The lowest BCUT2D eigenvalue weighted by Crippen LogP contribution is -2.70. The van der Waals surface area contributed by atoms with Crippen LogP contribution in [0.3, 0.4) is 0 Å². The molecule has 0 bridgehead atoms. The molecular formula is C26H33N3O4S. The third-order valence-electron chi connectivity index (χ3n) is 6.89. The van der Waals surface area contributed by atoms with Gasteiger partial charge < -0.3 is 5.32 Å². The van der Waals surface area contributed by atoms with Gasteiger partial charge in [-0.3, -0.25) is 14.5 Å². The molecule has 2 amide bonds. The van der Waals surface area contributed by atoms with Crippen LogP contribution in [0.1, 0.15) is 51.0 Å². The molecule has 4 rings (SSSR count). The van der Waals surface area contributed by atoms with E-state index in [2.05, 4.69) is 5.32 Å². The first kappa shape index (κ1) is 24.4. The summed E-state index contributed by atoms with van der Waals surface area (Å²) in [6.07, 6.45) is 6.20. The number of nitrogens with one attached hydrogen (secondary N) is 1. The number of aryl methyl sites for hydroxylation is 1. The number of benzene rings is 2. The van der Waals surface area contributed by atoms with Gasteiger partial charge in [-0.1, -0.05) is 61.6 Å². The highest BCUT2D eigenvalue weighted by molar-refractivity contribution is 7.89. The van der Waals surface area contributed by atoms with Gasteiger partial charge in [0, 0.05) is 18.3 Å². The molecule has 2 aromatic carbocycles. The van der Waals surface area contributed by atoms with Crippen LogP contribution in [-0.2, 0) is 19.6 Å². The number of carbonyl (C=O) groups is 2. The second-order valence-corrected chi connectivity index (χ2v) is 11.5. The largest absolute Gasteiger partial charge is 0.351 e. The van der Waals surface area contributed by atoms with Gasteiger partial charge in [0.2, 0.25) is 21.8 Å². The third-order valence-corrected chi connectivity index (χ3v) is 8.70. The lowest BCUT2D eigenvalue weighted by molar-refractivity contribution is -0.133. The highest BCUT2D eigenvalue weighted by atomic mass is 32.2. The maximum Gasteiger partial charge on any atom is 0.247 e. The third kappa shape index (κ3) is 4.88. The van der Waals surface area contributed by atoms with Crippen molar-refractivity contribution < 1.29 is 18.0 Å². The molecule has 8 heteroatoms. The minimum atomic E-state index is -3.94. The standard InChI is InChI=1S/C26H33N3O4S/c1-20-14-16-22(17-15-20)29-24(30)18-28(34(32,33)23-12-8-5-9-13-23)19-26(29,2)25(31)27-21-10-6-3-4-7-11-21/h5,8-9,12-17,21H,3-4,6-7,10-11,18-19H2,1-2H3,(H,27,31)/t26-/m1/s1. The Hall–Kier alpha value is -2.71. The molecular weight excluding hydrogens is 450 g/mol. The van der Waals surface area contributed by atoms with Crippen molar-refractivity contribution in [3.63, 3.8) is 0 Å². The van der Waals surface area contributed by atoms with Crippen LogP contribution >= 0.6 is 0 Å². The van der Waals surface area contributed by atoms with Crippen LogP contribution < -0.4 is 10.2 Å². The van der Waals surface area contributed by atoms with E-state index in [0.717, 1.165) is 48.4 Å². The van der Waals surface area contributed by atoms with Crippen LogP contribution in [0.4, 0.5) is 5.69 Å². The fourth-order valence-electron chi connectivity index (χ4n) is 4.94. The van der Waals surface area contributed by atoms with E-state index in [9.17, 15) is 18.0 Å². The number of hydrogen-bond acceptors (Lipinski definition) is 4. The molecule has 1 N–H and O–H groups in total. The van der Waals surface area contributed by atoms with Crippen molar-refractivity contribution >= 4 is 27.5 Å². The quantitative estimate of drug-likeness (QED) is 0.658. The van der Waals surface area contributed by atoms with Gasteiger partial charge in [-0.2, -0.15) is 4.31 Å². The Morgan fingerprint density at radius 3 is 2.21 bits per heavy atom. The molecule has 2 aromatic rings. The Bertz CT molecular complexity index is 1130. The lowest BCUT2D eigenvalue weighted by atomic mass is 9.93. The minimum Gasteiger partial charge on any atom is -0.351 e. The fourth-order valence-corrected chi connectivity index (χ4v) is 6.44. The molecule has 0 unspecified atom stereocenters. The maximum absolute atomic E-state index is 13.8. The molecule has 1 aliphatic heterocycles. The molecule has 1 aliphatic carbocycles. The van der Waals surface area contributed by atoms with Crippen molar-refractivity contribution in [2.24, 2.45) is 0 Å². The summed E-state index contributed by atoms with van der Waals surface area (Å²) in [5, 5.41) is 3.16. The van der Waals surface area contributed by atoms with Gasteiger partial charge >= 0.3 is 0 Å². The number of nitrogens with zero attached hydrogens (tertiary/aromatic N) is 2. The number of piperazine rings is 1. The number of anilines is 1. The van der Waals surface area contributed by atoms with Crippen LogP contribution in [0.5, 0.6) is 0 Å². The van der Waals surface area contributed by atoms with E-state index in [4.69, 9.17) is 0 Å². The van der Waals surface area contributed by atoms with Gasteiger partial charge in [0.1, 0.15) is 5.54 Å². The predicted octanol–water partition coefficient (Wildman–Crippen LogP) is 3.63. The van der Waals surface area contributed by atoms with E-state index in [0.29, 0.717) is 5.69 Å². The first-order valence-electron chi connectivity index (χ1n) is 12.0. The zero-order valence-electron chi connectivity index (χ0n) is 19.9. The zero-order chi connectivity index (χ0) is 24.3. The molecule has 2 fully saturated rings. The van der Waals surface area contributed by atoms with Crippen LogP contribution in [0.2, 0.25) is 0 Å². The van der Waals surface area contributed by atoms with E-state index in [1.54, 1.807) is 25.1 Å². The van der Waals surface area contributed by atoms with Crippen LogP contribution in [0, 0.1) is 6.92 Å². The highest BCUT2D eigenvalue weighted by Gasteiger charge is 2.51. The summed E-state index contributed by atoms with van der Waals surface area (Å²) in [7, 11) is -3.94. The monoisotopic (exact) mass is 483 g/mol. The molecule has 0 aromatic heterocycles. The summed E-state index contributed by atoms with van der Waals surface area (Å²) < 4.78 is 27.9. The van der Waals surface area contributed by atoms with E-state index in [1.165, 1.54) is 17.0 Å². The molecule has 1 heterocycles. The molecule has 0 radical (unpaired) electrons. The van der Waals surface area contributed by atoms with Crippen LogP contribution in [-0.4, -0.2) is 49.2 Å². The second-order valence-electron chi connectivity index (χ2n) is 9.59. The Morgan fingerprint density at radius 1 is 0.971 bits per heavy atom. The van der Waals surface area contributed by atoms with Crippen molar-refractivity contribution in [3.8, 4) is 0 Å². The summed E-state index contributed by atoms with van der Waals surface area (Å²) >= 11 is 0. The van der Waals surface area contributed by atoms with Gasteiger partial charge in [0.25, 0.3) is 0 Å². The second kappa shape index (κ2) is 9.88. The van der Waals surface area contributed by atoms with Crippen LogP contribution in [0.15, 0.2) is 59.5 Å². The normalized spacial score (nSPS) is 22.9. The van der Waals surface area contributed by atoms with Crippen molar-refractivity contribution in [1.29, 1.82) is 0 Å². The number of sulfonamides is 1. The Kier molecular flexibility index (Phi) is 7.09. The van der Waals surface area contributed by atoms with E-state index >= 15 is 0 Å². The van der Waals surface area contributed by atoms with E-state index in [-0.39, 0.29) is 29.9 Å².